The van der Waals surface area contributed by atoms with Gasteiger partial charge in [-0.2, -0.15) is 0 Å². The Hall–Kier alpha value is -1.85. The van der Waals surface area contributed by atoms with Gasteiger partial charge in [0, 0.05) is 6.20 Å². The number of hydrogen-bond donors (Lipinski definition) is 1. The predicted octanol–water partition coefficient (Wildman–Crippen LogP) is 3.45. The highest BCUT2D eigenvalue weighted by molar-refractivity contribution is 6.31. The predicted molar refractivity (Wildman–Crippen MR) is 73.3 cm³/mol. The van der Waals surface area contributed by atoms with Gasteiger partial charge >= 0.3 is 0 Å². The van der Waals surface area contributed by atoms with Gasteiger partial charge in [0.05, 0.1) is 15.7 Å². The Morgan fingerprint density at radius 3 is 2.74 bits per heavy atom. The first kappa shape index (κ1) is 12.2. The smallest absolute Gasteiger partial charge is 0.207 e. The van der Waals surface area contributed by atoms with Crippen LogP contribution >= 0.6 is 23.2 Å². The molecule has 0 spiro atoms. The van der Waals surface area contributed by atoms with Gasteiger partial charge in [-0.05, 0) is 24.3 Å². The van der Waals surface area contributed by atoms with Crippen LogP contribution in [0, 0.1) is 5.82 Å². The lowest BCUT2D eigenvalue weighted by Gasteiger charge is -2.06. The number of imidazole rings is 1. The molecule has 4 nitrogen and oxygen atoms in total. The number of pyridine rings is 1. The van der Waals surface area contributed by atoms with Gasteiger partial charge in [0.25, 0.3) is 0 Å². The summed E-state index contributed by atoms with van der Waals surface area (Å²) in [6.07, 6.45) is 1.49. The molecule has 2 heterocycles. The minimum absolute atomic E-state index is 0.00714. The van der Waals surface area contributed by atoms with E-state index >= 15 is 0 Å². The Morgan fingerprint density at radius 2 is 2.00 bits per heavy atom. The molecule has 3 rings (SSSR count). The van der Waals surface area contributed by atoms with Crippen LogP contribution in [0.15, 0.2) is 30.5 Å². The lowest BCUT2D eigenvalue weighted by atomic mass is 10.3. The average molecular weight is 297 g/mol. The summed E-state index contributed by atoms with van der Waals surface area (Å²) in [5, 5.41) is 0.474. The zero-order chi connectivity index (χ0) is 13.6. The average Bonchev–Trinajstić information content (AvgIpc) is 2.68. The standard InChI is InChI=1S/C12H7Cl2FN4/c13-6-3-10-11(17-5-6)19(12(16)18-10)7-1-2-9(15)8(14)4-7/h1-5H,(H2,16,18). The normalized spacial score (nSPS) is 11.1. The van der Waals surface area contributed by atoms with E-state index in [1.54, 1.807) is 16.7 Å². The van der Waals surface area contributed by atoms with Crippen LogP contribution in [0.1, 0.15) is 0 Å². The quantitative estimate of drug-likeness (QED) is 0.748. The first-order valence-corrected chi connectivity index (χ1v) is 6.07. The van der Waals surface area contributed by atoms with Crippen molar-refractivity contribution in [1.29, 1.82) is 0 Å². The number of rotatable bonds is 1. The number of fused-ring (bicyclic) bond motifs is 1. The van der Waals surface area contributed by atoms with Gasteiger partial charge in [0.2, 0.25) is 5.95 Å². The summed E-state index contributed by atoms with van der Waals surface area (Å²) in [6.45, 7) is 0. The number of nitrogen functional groups attached to an aromatic ring is 1. The zero-order valence-corrected chi connectivity index (χ0v) is 11.0. The van der Waals surface area contributed by atoms with E-state index in [0.29, 0.717) is 21.9 Å². The molecule has 7 heteroatoms. The van der Waals surface area contributed by atoms with Crippen molar-refractivity contribution in [2.24, 2.45) is 0 Å². The van der Waals surface area contributed by atoms with Gasteiger partial charge < -0.3 is 5.73 Å². The van der Waals surface area contributed by atoms with E-state index in [-0.39, 0.29) is 11.0 Å². The number of anilines is 1. The summed E-state index contributed by atoms with van der Waals surface area (Å²) in [7, 11) is 0. The zero-order valence-electron chi connectivity index (χ0n) is 9.44. The minimum atomic E-state index is -0.496. The second-order valence-electron chi connectivity index (χ2n) is 3.90. The fraction of sp³-hybridized carbons (Fsp3) is 0. The molecule has 0 bridgehead atoms. The molecule has 0 aliphatic heterocycles. The van der Waals surface area contributed by atoms with Crippen LogP contribution < -0.4 is 5.73 Å². The van der Waals surface area contributed by atoms with Gasteiger partial charge in [-0.3, -0.25) is 4.57 Å². The van der Waals surface area contributed by atoms with Crippen molar-refractivity contribution in [3.8, 4) is 5.69 Å². The lowest BCUT2D eigenvalue weighted by Crippen LogP contribution is -2.01. The molecule has 0 amide bonds. The maximum absolute atomic E-state index is 13.2. The molecular formula is C12H7Cl2FN4. The van der Waals surface area contributed by atoms with Crippen molar-refractivity contribution in [1.82, 2.24) is 14.5 Å². The maximum Gasteiger partial charge on any atom is 0.207 e. The molecule has 0 unspecified atom stereocenters. The van der Waals surface area contributed by atoms with E-state index in [1.165, 1.54) is 18.3 Å². The topological polar surface area (TPSA) is 56.7 Å². The van der Waals surface area contributed by atoms with Crippen LogP contribution in [-0.4, -0.2) is 14.5 Å². The molecule has 96 valence electrons. The maximum atomic E-state index is 13.2. The van der Waals surface area contributed by atoms with Crippen LogP contribution in [0.5, 0.6) is 0 Å². The van der Waals surface area contributed by atoms with E-state index in [9.17, 15) is 4.39 Å². The summed E-state index contributed by atoms with van der Waals surface area (Å²) < 4.78 is 14.8. The van der Waals surface area contributed by atoms with Gasteiger partial charge in [-0.1, -0.05) is 23.2 Å². The van der Waals surface area contributed by atoms with Gasteiger partial charge in [-0.15, -0.1) is 0 Å². The molecule has 2 N–H and O–H groups in total. The molecule has 3 aromatic rings. The Balaban J connectivity index is 2.29. The van der Waals surface area contributed by atoms with Crippen molar-refractivity contribution in [3.63, 3.8) is 0 Å². The van der Waals surface area contributed by atoms with E-state index in [0.717, 1.165) is 0 Å². The summed E-state index contributed by atoms with van der Waals surface area (Å²) in [5.74, 6) is -0.267. The fourth-order valence-corrected chi connectivity index (χ4v) is 2.16. The van der Waals surface area contributed by atoms with Crippen molar-refractivity contribution < 1.29 is 4.39 Å². The van der Waals surface area contributed by atoms with Crippen molar-refractivity contribution in [3.05, 3.63) is 46.3 Å². The van der Waals surface area contributed by atoms with E-state index in [4.69, 9.17) is 28.9 Å². The third kappa shape index (κ3) is 2.01. The largest absolute Gasteiger partial charge is 0.369 e. The van der Waals surface area contributed by atoms with E-state index in [2.05, 4.69) is 9.97 Å². The fourth-order valence-electron chi connectivity index (χ4n) is 1.84. The molecule has 1 aromatic carbocycles. The number of benzene rings is 1. The Morgan fingerprint density at radius 1 is 1.21 bits per heavy atom. The second kappa shape index (κ2) is 4.36. The van der Waals surface area contributed by atoms with E-state index < -0.39 is 5.82 Å². The van der Waals surface area contributed by atoms with Gasteiger partial charge in [0.1, 0.15) is 11.3 Å². The second-order valence-corrected chi connectivity index (χ2v) is 4.74. The number of halogens is 3. The third-order valence-corrected chi connectivity index (χ3v) is 3.15. The highest BCUT2D eigenvalue weighted by atomic mass is 35.5. The van der Waals surface area contributed by atoms with Gasteiger partial charge in [-0.25, -0.2) is 14.4 Å². The number of nitrogens with zero attached hydrogens (tertiary/aromatic N) is 3. The number of nitrogens with two attached hydrogens (primary N) is 1. The number of hydrogen-bond acceptors (Lipinski definition) is 3. The molecule has 0 radical (unpaired) electrons. The summed E-state index contributed by atoms with van der Waals surface area (Å²) >= 11 is 11.6. The highest BCUT2D eigenvalue weighted by Gasteiger charge is 2.13. The first-order valence-electron chi connectivity index (χ1n) is 5.31. The molecule has 0 fully saturated rings. The summed E-state index contributed by atoms with van der Waals surface area (Å²) in [4.78, 5) is 8.34. The SMILES string of the molecule is Nc1nc2cc(Cl)cnc2n1-c1ccc(F)c(Cl)c1. The van der Waals surface area contributed by atoms with Crippen LogP contribution in [0.3, 0.4) is 0 Å². The molecular weight excluding hydrogens is 290 g/mol. The van der Waals surface area contributed by atoms with Crippen LogP contribution in [0.25, 0.3) is 16.9 Å². The molecule has 0 aliphatic carbocycles. The Labute approximate surface area is 117 Å². The van der Waals surface area contributed by atoms with Crippen LogP contribution in [-0.2, 0) is 0 Å². The number of aromatic nitrogens is 3. The molecule has 0 atom stereocenters. The Bertz CT molecular complexity index is 785. The minimum Gasteiger partial charge on any atom is -0.369 e. The lowest BCUT2D eigenvalue weighted by molar-refractivity contribution is 0.628. The molecule has 0 saturated carbocycles. The molecule has 0 saturated heterocycles. The van der Waals surface area contributed by atoms with Crippen molar-refractivity contribution in [2.45, 2.75) is 0 Å². The molecule has 2 aromatic heterocycles. The highest BCUT2D eigenvalue weighted by Crippen LogP contribution is 2.26. The monoisotopic (exact) mass is 296 g/mol. The third-order valence-electron chi connectivity index (χ3n) is 2.65. The van der Waals surface area contributed by atoms with E-state index in [1.807, 2.05) is 0 Å². The molecule has 19 heavy (non-hydrogen) atoms. The summed E-state index contributed by atoms with van der Waals surface area (Å²) in [6, 6.07) is 5.93. The Kier molecular flexibility index (Phi) is 2.80. The first-order chi connectivity index (χ1) is 9.06. The van der Waals surface area contributed by atoms with Crippen LogP contribution in [0.4, 0.5) is 10.3 Å². The molecule has 0 aliphatic rings. The van der Waals surface area contributed by atoms with Crippen molar-refractivity contribution in [2.75, 3.05) is 5.73 Å². The van der Waals surface area contributed by atoms with Crippen molar-refractivity contribution >= 4 is 40.3 Å². The summed E-state index contributed by atoms with van der Waals surface area (Å²) in [5.41, 5.74) is 7.53. The van der Waals surface area contributed by atoms with Crippen LogP contribution in [0.2, 0.25) is 10.0 Å². The van der Waals surface area contributed by atoms with Gasteiger partial charge in [0.15, 0.2) is 5.65 Å².